The van der Waals surface area contributed by atoms with E-state index < -0.39 is 5.60 Å². The van der Waals surface area contributed by atoms with Crippen LogP contribution in [0.5, 0.6) is 5.75 Å². The van der Waals surface area contributed by atoms with Crippen LogP contribution in [0.25, 0.3) is 0 Å². The molecule has 152 valence electrons. The molecule has 0 radical (unpaired) electrons. The zero-order chi connectivity index (χ0) is 19.0. The van der Waals surface area contributed by atoms with Gasteiger partial charge in [-0.1, -0.05) is 12.1 Å². The van der Waals surface area contributed by atoms with Crippen molar-refractivity contribution in [3.8, 4) is 5.75 Å². The maximum Gasteiger partial charge on any atom is 0.119 e. The van der Waals surface area contributed by atoms with Crippen molar-refractivity contribution >= 4 is 0 Å². The molecule has 2 N–H and O–H groups in total. The van der Waals surface area contributed by atoms with Gasteiger partial charge in [-0.2, -0.15) is 0 Å². The molecule has 0 aliphatic carbocycles. The SMILES string of the molecule is OCCOCCOc1ccc(CN2CCC(O)(CN3CCOCC3)C2)cc1. The first kappa shape index (κ1) is 20.5. The van der Waals surface area contributed by atoms with E-state index in [1.165, 1.54) is 5.56 Å². The Balaban J connectivity index is 1.40. The van der Waals surface area contributed by atoms with Crippen molar-refractivity contribution in [2.45, 2.75) is 18.6 Å². The first-order valence-corrected chi connectivity index (χ1v) is 9.82. The van der Waals surface area contributed by atoms with Gasteiger partial charge in [-0.05, 0) is 24.1 Å². The summed E-state index contributed by atoms with van der Waals surface area (Å²) in [4.78, 5) is 4.63. The number of rotatable bonds is 10. The molecule has 0 amide bonds. The molecule has 1 atom stereocenters. The fourth-order valence-electron chi connectivity index (χ4n) is 3.71. The molecule has 2 saturated heterocycles. The van der Waals surface area contributed by atoms with Crippen LogP contribution in [0.3, 0.4) is 0 Å². The van der Waals surface area contributed by atoms with Crippen molar-refractivity contribution in [2.24, 2.45) is 0 Å². The molecule has 0 spiro atoms. The van der Waals surface area contributed by atoms with E-state index in [-0.39, 0.29) is 6.61 Å². The number of likely N-dealkylation sites (tertiary alicyclic amines) is 1. The second-order valence-electron chi connectivity index (χ2n) is 7.40. The molecule has 2 aliphatic rings. The third-order valence-corrected chi connectivity index (χ3v) is 5.09. The van der Waals surface area contributed by atoms with E-state index in [0.29, 0.717) is 26.4 Å². The molecular formula is C20H32N2O5. The molecule has 1 aromatic rings. The quantitative estimate of drug-likeness (QED) is 0.567. The summed E-state index contributed by atoms with van der Waals surface area (Å²) < 4.78 is 16.2. The highest BCUT2D eigenvalue weighted by Crippen LogP contribution is 2.25. The molecule has 7 heteroatoms. The predicted molar refractivity (Wildman–Crippen MR) is 102 cm³/mol. The summed E-state index contributed by atoms with van der Waals surface area (Å²) in [6, 6.07) is 8.08. The normalized spacial score (nSPS) is 24.4. The molecule has 7 nitrogen and oxygen atoms in total. The lowest BCUT2D eigenvalue weighted by atomic mass is 10.0. The number of hydrogen-bond acceptors (Lipinski definition) is 7. The molecular weight excluding hydrogens is 348 g/mol. The number of morpholine rings is 1. The second-order valence-corrected chi connectivity index (χ2v) is 7.40. The van der Waals surface area contributed by atoms with Crippen LogP contribution in [0.15, 0.2) is 24.3 Å². The number of hydrogen-bond donors (Lipinski definition) is 2. The van der Waals surface area contributed by atoms with E-state index in [0.717, 1.165) is 58.1 Å². The van der Waals surface area contributed by atoms with Crippen molar-refractivity contribution in [3.05, 3.63) is 29.8 Å². The number of ether oxygens (including phenoxy) is 3. The van der Waals surface area contributed by atoms with E-state index in [1.54, 1.807) is 0 Å². The Morgan fingerprint density at radius 1 is 1.00 bits per heavy atom. The van der Waals surface area contributed by atoms with Crippen molar-refractivity contribution in [2.75, 3.05) is 72.4 Å². The number of β-amino-alcohol motifs (C(OH)–C–C–N with tert-alkyl or cyclic N) is 1. The maximum absolute atomic E-state index is 10.9. The Hall–Kier alpha value is -1.22. The van der Waals surface area contributed by atoms with Gasteiger partial charge in [-0.25, -0.2) is 0 Å². The average molecular weight is 380 g/mol. The van der Waals surface area contributed by atoms with Gasteiger partial charge in [0.1, 0.15) is 12.4 Å². The highest BCUT2D eigenvalue weighted by Gasteiger charge is 2.37. The van der Waals surface area contributed by atoms with Gasteiger partial charge in [0.25, 0.3) is 0 Å². The minimum Gasteiger partial charge on any atom is -0.491 e. The van der Waals surface area contributed by atoms with Crippen LogP contribution < -0.4 is 4.74 Å². The molecule has 0 saturated carbocycles. The minimum absolute atomic E-state index is 0.0345. The van der Waals surface area contributed by atoms with Crippen LogP contribution in [0.1, 0.15) is 12.0 Å². The smallest absolute Gasteiger partial charge is 0.119 e. The van der Waals surface area contributed by atoms with Crippen LogP contribution in [-0.2, 0) is 16.0 Å². The third kappa shape index (κ3) is 6.71. The second kappa shape index (κ2) is 10.4. The van der Waals surface area contributed by atoms with Gasteiger partial charge in [0.05, 0.1) is 38.6 Å². The summed E-state index contributed by atoms with van der Waals surface area (Å²) in [6.07, 6.45) is 0.819. The van der Waals surface area contributed by atoms with E-state index in [2.05, 4.69) is 21.9 Å². The van der Waals surface area contributed by atoms with Crippen molar-refractivity contribution in [1.29, 1.82) is 0 Å². The largest absolute Gasteiger partial charge is 0.491 e. The van der Waals surface area contributed by atoms with Crippen LogP contribution in [0, 0.1) is 0 Å². The summed E-state index contributed by atoms with van der Waals surface area (Å²) in [5, 5.41) is 19.6. The van der Waals surface area contributed by atoms with Crippen molar-refractivity contribution < 1.29 is 24.4 Å². The zero-order valence-electron chi connectivity index (χ0n) is 16.0. The van der Waals surface area contributed by atoms with Crippen molar-refractivity contribution in [1.82, 2.24) is 9.80 Å². The topological polar surface area (TPSA) is 74.6 Å². The Bertz CT molecular complexity index is 550. The molecule has 1 aromatic carbocycles. The summed E-state index contributed by atoms with van der Waals surface area (Å²) in [7, 11) is 0. The first-order valence-electron chi connectivity index (χ1n) is 9.82. The first-order chi connectivity index (χ1) is 13.2. The summed E-state index contributed by atoms with van der Waals surface area (Å²) >= 11 is 0. The summed E-state index contributed by atoms with van der Waals surface area (Å²) in [5.41, 5.74) is 0.601. The molecule has 27 heavy (non-hydrogen) atoms. The van der Waals surface area contributed by atoms with Gasteiger partial charge in [0.2, 0.25) is 0 Å². The van der Waals surface area contributed by atoms with E-state index in [9.17, 15) is 5.11 Å². The molecule has 0 aromatic heterocycles. The number of benzene rings is 1. The number of aliphatic hydroxyl groups is 2. The van der Waals surface area contributed by atoms with Gasteiger partial charge in [0.15, 0.2) is 0 Å². The molecule has 1 unspecified atom stereocenters. The monoisotopic (exact) mass is 380 g/mol. The zero-order valence-corrected chi connectivity index (χ0v) is 16.0. The standard InChI is InChI=1S/C20H32N2O5/c23-9-12-26-13-14-27-19-3-1-18(2-4-19)15-22-6-5-20(24,17-22)16-21-7-10-25-11-8-21/h1-4,23-24H,5-17H2. The van der Waals surface area contributed by atoms with E-state index >= 15 is 0 Å². The summed E-state index contributed by atoms with van der Waals surface area (Å²) in [6.45, 7) is 7.88. The van der Waals surface area contributed by atoms with Gasteiger partial charge >= 0.3 is 0 Å². The Labute approximate surface area is 161 Å². The molecule has 0 bridgehead atoms. The Morgan fingerprint density at radius 3 is 2.52 bits per heavy atom. The predicted octanol–water partition coefficient (Wildman–Crippen LogP) is 0.343. The van der Waals surface area contributed by atoms with E-state index in [4.69, 9.17) is 19.3 Å². The number of nitrogens with zero attached hydrogens (tertiary/aromatic N) is 2. The van der Waals surface area contributed by atoms with Gasteiger partial charge < -0.3 is 24.4 Å². The van der Waals surface area contributed by atoms with Crippen LogP contribution in [0.4, 0.5) is 0 Å². The highest BCUT2D eigenvalue weighted by molar-refractivity contribution is 5.27. The lowest BCUT2D eigenvalue weighted by molar-refractivity contribution is -0.0266. The van der Waals surface area contributed by atoms with E-state index in [1.807, 2.05) is 12.1 Å². The molecule has 3 rings (SSSR count). The molecule has 2 heterocycles. The average Bonchev–Trinajstić information content (AvgIpc) is 3.04. The van der Waals surface area contributed by atoms with Crippen LogP contribution in [-0.4, -0.2) is 98.0 Å². The lowest BCUT2D eigenvalue weighted by Crippen LogP contribution is -2.48. The minimum atomic E-state index is -0.616. The molecule has 2 aliphatic heterocycles. The summed E-state index contributed by atoms with van der Waals surface area (Å²) in [5.74, 6) is 0.816. The highest BCUT2D eigenvalue weighted by atomic mass is 16.5. The fraction of sp³-hybridized carbons (Fsp3) is 0.700. The van der Waals surface area contributed by atoms with Gasteiger partial charge in [-0.15, -0.1) is 0 Å². The lowest BCUT2D eigenvalue weighted by Gasteiger charge is -2.33. The molecule has 2 fully saturated rings. The van der Waals surface area contributed by atoms with Crippen molar-refractivity contribution in [3.63, 3.8) is 0 Å². The van der Waals surface area contributed by atoms with Crippen LogP contribution >= 0.6 is 0 Å². The number of aliphatic hydroxyl groups excluding tert-OH is 1. The third-order valence-electron chi connectivity index (χ3n) is 5.09. The Morgan fingerprint density at radius 2 is 1.78 bits per heavy atom. The Kier molecular flexibility index (Phi) is 7.87. The van der Waals surface area contributed by atoms with Gasteiger partial charge in [-0.3, -0.25) is 9.80 Å². The van der Waals surface area contributed by atoms with Gasteiger partial charge in [0, 0.05) is 39.3 Å². The maximum atomic E-state index is 10.9. The fourth-order valence-corrected chi connectivity index (χ4v) is 3.71. The van der Waals surface area contributed by atoms with Crippen LogP contribution in [0.2, 0.25) is 0 Å².